The monoisotopic (exact) mass is 478 g/mol. The van der Waals surface area contributed by atoms with Gasteiger partial charge in [-0.05, 0) is 56.9 Å². The molecule has 0 bridgehead atoms. The zero-order chi connectivity index (χ0) is 23.8. The van der Waals surface area contributed by atoms with Gasteiger partial charge in [0.1, 0.15) is 17.4 Å². The van der Waals surface area contributed by atoms with E-state index in [-0.39, 0.29) is 5.82 Å². The van der Waals surface area contributed by atoms with E-state index >= 15 is 0 Å². The molecule has 4 aromatic rings. The predicted molar refractivity (Wildman–Crippen MR) is 134 cm³/mol. The average Bonchev–Trinajstić information content (AvgIpc) is 3.42. The molecule has 0 saturated carbocycles. The molecule has 7 heteroatoms. The molecule has 0 spiro atoms. The van der Waals surface area contributed by atoms with E-state index in [0.717, 1.165) is 66.2 Å². The second-order valence-electron chi connectivity index (χ2n) is 8.77. The first kappa shape index (κ1) is 22.7. The molecular formula is C27H28ClFN4O. The highest BCUT2D eigenvalue weighted by atomic mass is 35.5. The van der Waals surface area contributed by atoms with E-state index in [0.29, 0.717) is 22.9 Å². The van der Waals surface area contributed by atoms with Crippen LogP contribution in [0.1, 0.15) is 42.3 Å². The van der Waals surface area contributed by atoms with Gasteiger partial charge in [0.15, 0.2) is 5.65 Å². The third kappa shape index (κ3) is 3.90. The number of aromatic nitrogens is 3. The number of anilines is 1. The van der Waals surface area contributed by atoms with Gasteiger partial charge in [0, 0.05) is 35.5 Å². The molecule has 5 nitrogen and oxygen atoms in total. The van der Waals surface area contributed by atoms with E-state index in [1.807, 2.05) is 41.8 Å². The Kier molecular flexibility index (Phi) is 6.17. The molecule has 2 aromatic heterocycles. The lowest BCUT2D eigenvalue weighted by atomic mass is 10.1. The van der Waals surface area contributed by atoms with Gasteiger partial charge in [-0.15, -0.1) is 0 Å². The largest absolute Gasteiger partial charge is 0.497 e. The summed E-state index contributed by atoms with van der Waals surface area (Å²) in [6.45, 7) is 5.39. The molecule has 0 radical (unpaired) electrons. The molecule has 2 heterocycles. The lowest BCUT2D eigenvalue weighted by molar-refractivity contribution is 0.415. The zero-order valence-corrected chi connectivity index (χ0v) is 20.5. The molecule has 1 aliphatic carbocycles. The minimum absolute atomic E-state index is 0.187. The number of rotatable bonds is 7. The Morgan fingerprint density at radius 2 is 2.00 bits per heavy atom. The van der Waals surface area contributed by atoms with E-state index in [1.54, 1.807) is 13.2 Å². The summed E-state index contributed by atoms with van der Waals surface area (Å²) in [6, 6.07) is 12.7. The van der Waals surface area contributed by atoms with Crippen molar-refractivity contribution < 1.29 is 9.13 Å². The van der Waals surface area contributed by atoms with E-state index in [2.05, 4.69) is 11.8 Å². The fourth-order valence-electron chi connectivity index (χ4n) is 4.94. The molecule has 0 saturated heterocycles. The maximum absolute atomic E-state index is 14.6. The number of ether oxygens (including phenoxy) is 1. The summed E-state index contributed by atoms with van der Waals surface area (Å²) in [4.78, 5) is 7.33. The Morgan fingerprint density at radius 1 is 1.18 bits per heavy atom. The predicted octanol–water partition coefficient (Wildman–Crippen LogP) is 6.41. The first-order chi connectivity index (χ1) is 16.5. The Bertz CT molecular complexity index is 1370. The minimum atomic E-state index is -0.187. The van der Waals surface area contributed by atoms with Crippen molar-refractivity contribution in [2.75, 3.05) is 18.6 Å². The van der Waals surface area contributed by atoms with Crippen LogP contribution in [0.25, 0.3) is 16.8 Å². The van der Waals surface area contributed by atoms with E-state index in [1.165, 1.54) is 11.6 Å². The zero-order valence-electron chi connectivity index (χ0n) is 19.7. The second kappa shape index (κ2) is 9.26. The van der Waals surface area contributed by atoms with Crippen molar-refractivity contribution in [3.8, 4) is 16.9 Å². The molecule has 0 atom stereocenters. The third-order valence-corrected chi connectivity index (χ3v) is 6.81. The number of methoxy groups -OCH3 is 1. The summed E-state index contributed by atoms with van der Waals surface area (Å²) in [5.74, 6) is 1.53. The quantitative estimate of drug-likeness (QED) is 0.308. The highest BCUT2D eigenvalue weighted by Gasteiger charge is 2.28. The van der Waals surface area contributed by atoms with Crippen molar-refractivity contribution in [1.82, 2.24) is 14.6 Å². The van der Waals surface area contributed by atoms with Gasteiger partial charge in [-0.1, -0.05) is 36.7 Å². The maximum Gasteiger partial charge on any atom is 0.165 e. The van der Waals surface area contributed by atoms with Crippen molar-refractivity contribution in [2.45, 2.75) is 46.1 Å². The standard InChI is InChI=1S/C27H28ClFN4O/c1-4-14-32(16-18-8-5-6-10-23(18)29)27-21-9-7-11-24(21)30-26-25(17(2)31-33(26)27)20-13-12-19(34-3)15-22(20)28/h5-6,8,10,12-13,15H,4,7,9,11,14,16H2,1-3H3. The lowest BCUT2D eigenvalue weighted by Gasteiger charge is -2.27. The normalized spacial score (nSPS) is 12.9. The van der Waals surface area contributed by atoms with Crippen LogP contribution in [0.2, 0.25) is 5.02 Å². The van der Waals surface area contributed by atoms with Gasteiger partial charge >= 0.3 is 0 Å². The van der Waals surface area contributed by atoms with Crippen molar-refractivity contribution in [1.29, 1.82) is 0 Å². The number of nitrogens with zero attached hydrogens (tertiary/aromatic N) is 4. The fourth-order valence-corrected chi connectivity index (χ4v) is 5.21. The fraction of sp³-hybridized carbons (Fsp3) is 0.333. The first-order valence-corrected chi connectivity index (χ1v) is 12.1. The number of halogens is 2. The molecule has 1 aliphatic rings. The molecule has 2 aromatic carbocycles. The average molecular weight is 479 g/mol. The number of benzene rings is 2. The second-order valence-corrected chi connectivity index (χ2v) is 9.18. The van der Waals surface area contributed by atoms with Crippen molar-refractivity contribution >= 4 is 23.1 Å². The molecule has 0 aliphatic heterocycles. The molecule has 5 rings (SSSR count). The smallest absolute Gasteiger partial charge is 0.165 e. The third-order valence-electron chi connectivity index (χ3n) is 6.49. The van der Waals surface area contributed by atoms with Gasteiger partial charge in [-0.3, -0.25) is 0 Å². The minimum Gasteiger partial charge on any atom is -0.497 e. The Balaban J connectivity index is 1.72. The van der Waals surface area contributed by atoms with E-state index in [9.17, 15) is 4.39 Å². The lowest BCUT2D eigenvalue weighted by Crippen LogP contribution is -2.28. The summed E-state index contributed by atoms with van der Waals surface area (Å²) < 4.78 is 21.9. The van der Waals surface area contributed by atoms with Gasteiger partial charge in [0.2, 0.25) is 0 Å². The van der Waals surface area contributed by atoms with Crippen LogP contribution in [0.3, 0.4) is 0 Å². The van der Waals surface area contributed by atoms with Crippen LogP contribution in [-0.4, -0.2) is 28.3 Å². The molecule has 0 fully saturated rings. The van der Waals surface area contributed by atoms with Crippen molar-refractivity contribution in [2.24, 2.45) is 0 Å². The topological polar surface area (TPSA) is 42.7 Å². The van der Waals surface area contributed by atoms with Crippen LogP contribution < -0.4 is 9.64 Å². The molecule has 176 valence electrons. The van der Waals surface area contributed by atoms with Crippen LogP contribution >= 0.6 is 11.6 Å². The molecule has 0 unspecified atom stereocenters. The molecule has 0 amide bonds. The number of hydrogen-bond donors (Lipinski definition) is 0. The Hall–Kier alpha value is -3.12. The maximum atomic E-state index is 14.6. The van der Waals surface area contributed by atoms with Crippen LogP contribution in [0.4, 0.5) is 10.2 Å². The molecule has 34 heavy (non-hydrogen) atoms. The number of aryl methyl sites for hydroxylation is 2. The van der Waals surface area contributed by atoms with Crippen LogP contribution in [-0.2, 0) is 19.4 Å². The summed E-state index contributed by atoms with van der Waals surface area (Å²) in [5.41, 5.74) is 6.43. The van der Waals surface area contributed by atoms with Crippen LogP contribution in [0.5, 0.6) is 5.75 Å². The summed E-state index contributed by atoms with van der Waals surface area (Å²) in [5, 5.41) is 5.54. The first-order valence-electron chi connectivity index (χ1n) is 11.7. The summed E-state index contributed by atoms with van der Waals surface area (Å²) in [7, 11) is 1.63. The van der Waals surface area contributed by atoms with Crippen molar-refractivity contribution in [3.63, 3.8) is 0 Å². The van der Waals surface area contributed by atoms with Gasteiger partial charge in [0.25, 0.3) is 0 Å². The Morgan fingerprint density at radius 3 is 2.74 bits per heavy atom. The number of fused-ring (bicyclic) bond motifs is 2. The van der Waals surface area contributed by atoms with Crippen LogP contribution in [0, 0.1) is 12.7 Å². The molecular weight excluding hydrogens is 451 g/mol. The highest BCUT2D eigenvalue weighted by Crippen LogP contribution is 2.39. The Labute approximate surface area is 204 Å². The van der Waals surface area contributed by atoms with Gasteiger partial charge in [0.05, 0.1) is 23.4 Å². The highest BCUT2D eigenvalue weighted by molar-refractivity contribution is 6.33. The van der Waals surface area contributed by atoms with Gasteiger partial charge in [-0.2, -0.15) is 9.61 Å². The summed E-state index contributed by atoms with van der Waals surface area (Å²) in [6.07, 6.45) is 3.87. The number of hydrogen-bond acceptors (Lipinski definition) is 4. The van der Waals surface area contributed by atoms with E-state index in [4.69, 9.17) is 26.4 Å². The van der Waals surface area contributed by atoms with Gasteiger partial charge < -0.3 is 9.64 Å². The van der Waals surface area contributed by atoms with Crippen LogP contribution in [0.15, 0.2) is 42.5 Å². The van der Waals surface area contributed by atoms with E-state index < -0.39 is 0 Å². The SMILES string of the molecule is CCCN(Cc1ccccc1F)c1c2c(nc3c(-c4ccc(OC)cc4Cl)c(C)nn13)CCC2. The molecule has 0 N–H and O–H groups in total. The summed E-state index contributed by atoms with van der Waals surface area (Å²) >= 11 is 6.67. The van der Waals surface area contributed by atoms with Gasteiger partial charge in [-0.25, -0.2) is 9.37 Å². The van der Waals surface area contributed by atoms with Crippen molar-refractivity contribution in [3.05, 3.63) is 75.8 Å².